The first-order chi connectivity index (χ1) is 49.2. The summed E-state index contributed by atoms with van der Waals surface area (Å²) in [6.07, 6.45) is 8.17. The van der Waals surface area contributed by atoms with Crippen LogP contribution < -0.4 is 10.6 Å². The molecule has 0 aromatic rings. The average Bonchev–Trinajstić information content (AvgIpc) is 1.09. The van der Waals surface area contributed by atoms with Crippen LogP contribution in [0.25, 0.3) is 0 Å². The highest BCUT2D eigenvalue weighted by molar-refractivity contribution is 6.01. The Labute approximate surface area is 614 Å². The van der Waals surface area contributed by atoms with Crippen molar-refractivity contribution in [3.63, 3.8) is 0 Å². The van der Waals surface area contributed by atoms with Crippen molar-refractivity contribution in [1.29, 1.82) is 0 Å². The third-order valence-electron chi connectivity index (χ3n) is 25.0. The number of nitrogens with zero attached hydrogens (tertiary/aromatic N) is 10. The maximum absolute atomic E-state index is 15.7. The molecule has 1 spiro atoms. The number of halogens is 3. The number of nitrogens with one attached hydrogen (secondary N) is 2. The van der Waals surface area contributed by atoms with Crippen molar-refractivity contribution in [3.05, 3.63) is 12.2 Å². The van der Waals surface area contributed by atoms with Gasteiger partial charge in [0.1, 0.15) is 59.9 Å². The van der Waals surface area contributed by atoms with Gasteiger partial charge in [-0.3, -0.25) is 57.5 Å². The first kappa shape index (κ1) is 82.8. The van der Waals surface area contributed by atoms with Crippen molar-refractivity contribution in [2.24, 2.45) is 35.5 Å². The number of methoxy groups -OCH3 is 1. The van der Waals surface area contributed by atoms with Crippen molar-refractivity contribution in [3.8, 4) is 0 Å². The molecule has 3 unspecified atom stereocenters. The molecule has 7 fully saturated rings. The Morgan fingerprint density at radius 2 is 1.32 bits per heavy atom. The largest absolute Gasteiger partial charge is 0.394 e. The summed E-state index contributed by atoms with van der Waals surface area (Å²) >= 11 is 0. The number of ether oxygens (including phenoxy) is 1. The third kappa shape index (κ3) is 18.6. The number of likely N-dealkylation sites (N-methyl/N-ethyl adjacent to an activating group) is 7. The molecular formula is C76H121F3N12O13. The van der Waals surface area contributed by atoms with E-state index in [2.05, 4.69) is 10.6 Å². The fourth-order valence-corrected chi connectivity index (χ4v) is 18.1. The number of alkyl halides is 3. The van der Waals surface area contributed by atoms with Crippen LogP contribution in [0.15, 0.2) is 12.2 Å². The molecule has 4 heterocycles. The van der Waals surface area contributed by atoms with E-state index in [4.69, 9.17) is 4.74 Å². The van der Waals surface area contributed by atoms with Crippen LogP contribution in [0, 0.1) is 35.5 Å². The predicted octanol–water partition coefficient (Wildman–Crippen LogP) is 6.15. The summed E-state index contributed by atoms with van der Waals surface area (Å²) in [5.41, 5.74) is -1.49. The number of rotatable bonds is 12. The molecule has 28 heteroatoms. The van der Waals surface area contributed by atoms with E-state index in [1.807, 2.05) is 39.8 Å². The zero-order valence-corrected chi connectivity index (χ0v) is 64.2. The molecule has 0 aromatic heterocycles. The molecule has 14 atom stereocenters. The Balaban J connectivity index is 1.20. The molecule has 4 saturated carbocycles. The van der Waals surface area contributed by atoms with Crippen molar-refractivity contribution in [2.75, 3.05) is 89.7 Å². The number of hydrogen-bond donors (Lipinski definition) is 2. The Morgan fingerprint density at radius 3 is 1.93 bits per heavy atom. The van der Waals surface area contributed by atoms with E-state index >= 15 is 38.4 Å². The Hall–Kier alpha value is -6.87. The van der Waals surface area contributed by atoms with Crippen molar-refractivity contribution >= 4 is 70.9 Å². The van der Waals surface area contributed by atoms with Gasteiger partial charge in [0.25, 0.3) is 0 Å². The van der Waals surface area contributed by atoms with Gasteiger partial charge in [-0.1, -0.05) is 97.6 Å². The molecule has 12 amide bonds. The molecule has 4 aliphatic carbocycles. The van der Waals surface area contributed by atoms with E-state index in [9.17, 15) is 32.3 Å². The molecule has 4 aliphatic heterocycles. The minimum Gasteiger partial charge on any atom is -0.381 e. The SMILES string of the molecule is CCC[C@H]1C(=O)N[C@@H]([C@@H](C)CC)C(=O)N2CCC[C@H]2C(=O)N(C)[C@H]2C/C=C\CCN(C2=O)[C@@H](CC2CCCCC2)C(=O)N(C)CC(=O)N[C@@H](CCC2CCC(C(F)(F)F)C(OC)C2)C(=O)N2C[C@@H](C)C[C@H]2C(=O)N(C)C2(CCC2)C(=O)N(C)[C@@H](C2CCCC2)C(=O)N(C)[C@H](C(=O)N(C)C)CC(=O)N1C. The molecule has 8 rings (SSSR count). The van der Waals surface area contributed by atoms with Crippen LogP contribution in [0.2, 0.25) is 0 Å². The second kappa shape index (κ2) is 36.1. The smallest absolute Gasteiger partial charge is 0.381 e. The van der Waals surface area contributed by atoms with Crippen LogP contribution >= 0.6 is 0 Å². The molecule has 584 valence electrons. The summed E-state index contributed by atoms with van der Waals surface area (Å²) < 4.78 is 48.3. The Bertz CT molecular complexity index is 3120. The third-order valence-corrected chi connectivity index (χ3v) is 25.0. The lowest BCUT2D eigenvalue weighted by molar-refractivity contribution is -0.215. The molecule has 104 heavy (non-hydrogen) atoms. The van der Waals surface area contributed by atoms with Gasteiger partial charge in [0, 0.05) is 83.1 Å². The lowest BCUT2D eigenvalue weighted by atomic mass is 9.73. The molecule has 0 aromatic carbocycles. The van der Waals surface area contributed by atoms with E-state index in [1.54, 1.807) is 0 Å². The van der Waals surface area contributed by atoms with E-state index < -0.39 is 168 Å². The van der Waals surface area contributed by atoms with Gasteiger partial charge in [0.05, 0.1) is 25.0 Å². The maximum Gasteiger partial charge on any atom is 0.394 e. The summed E-state index contributed by atoms with van der Waals surface area (Å²) in [6, 6.07) is -10.7. The molecule has 0 radical (unpaired) electrons. The lowest BCUT2D eigenvalue weighted by Gasteiger charge is -2.51. The van der Waals surface area contributed by atoms with Crippen LogP contribution in [0.1, 0.15) is 201 Å². The zero-order valence-electron chi connectivity index (χ0n) is 64.2. The molecule has 8 aliphatic rings. The van der Waals surface area contributed by atoms with E-state index in [0.717, 1.165) is 44.9 Å². The summed E-state index contributed by atoms with van der Waals surface area (Å²) in [5.74, 6) is -10.2. The highest BCUT2D eigenvalue weighted by Gasteiger charge is 2.57. The van der Waals surface area contributed by atoms with Crippen LogP contribution in [-0.4, -0.2) is 282 Å². The average molecular weight is 1470 g/mol. The summed E-state index contributed by atoms with van der Waals surface area (Å²) in [6.45, 7) is 7.13. The first-order valence-electron chi connectivity index (χ1n) is 38.8. The second-order valence-corrected chi connectivity index (χ2v) is 32.0. The predicted molar refractivity (Wildman–Crippen MR) is 383 cm³/mol. The molecule has 25 nitrogen and oxygen atoms in total. The number of carbonyl (C=O) groups is 12. The van der Waals surface area contributed by atoms with Gasteiger partial charge in [0.2, 0.25) is 70.9 Å². The second-order valence-electron chi connectivity index (χ2n) is 32.0. The number of fused-ring (bicyclic) bond motifs is 4. The van der Waals surface area contributed by atoms with Crippen LogP contribution in [0.3, 0.4) is 0 Å². The maximum atomic E-state index is 15.7. The van der Waals surface area contributed by atoms with Gasteiger partial charge < -0.3 is 64.4 Å². The topological polar surface area (TPSA) is 271 Å². The van der Waals surface area contributed by atoms with E-state index in [-0.39, 0.29) is 120 Å². The van der Waals surface area contributed by atoms with E-state index in [0.29, 0.717) is 44.9 Å². The van der Waals surface area contributed by atoms with Crippen LogP contribution in [0.5, 0.6) is 0 Å². The molecule has 2 bridgehead atoms. The van der Waals surface area contributed by atoms with Crippen molar-refractivity contribution in [2.45, 2.75) is 273 Å². The van der Waals surface area contributed by atoms with Crippen LogP contribution in [-0.2, 0) is 62.3 Å². The van der Waals surface area contributed by atoms with Gasteiger partial charge in [-0.05, 0) is 139 Å². The minimum absolute atomic E-state index is 0.0281. The quantitative estimate of drug-likeness (QED) is 0.208. The minimum atomic E-state index is -4.50. The fourth-order valence-electron chi connectivity index (χ4n) is 18.1. The summed E-state index contributed by atoms with van der Waals surface area (Å²) in [7, 11) is 13.1. The van der Waals surface area contributed by atoms with E-state index in [1.165, 1.54) is 112 Å². The van der Waals surface area contributed by atoms with Gasteiger partial charge in [-0.25, -0.2) is 0 Å². The van der Waals surface area contributed by atoms with Gasteiger partial charge in [0.15, 0.2) is 0 Å². The van der Waals surface area contributed by atoms with Gasteiger partial charge in [-0.15, -0.1) is 0 Å². The van der Waals surface area contributed by atoms with Crippen LogP contribution in [0.4, 0.5) is 13.2 Å². The first-order valence-corrected chi connectivity index (χ1v) is 38.8. The molecule has 2 N–H and O–H groups in total. The zero-order chi connectivity index (χ0) is 76.4. The summed E-state index contributed by atoms with van der Waals surface area (Å²) in [4.78, 5) is 197. The van der Waals surface area contributed by atoms with Crippen molar-refractivity contribution in [1.82, 2.24) is 59.6 Å². The molecular weight excluding hydrogens is 1350 g/mol. The Morgan fingerprint density at radius 1 is 0.644 bits per heavy atom. The monoisotopic (exact) mass is 1470 g/mol. The van der Waals surface area contributed by atoms with Crippen molar-refractivity contribution < 1.29 is 75.4 Å². The number of amides is 12. The highest BCUT2D eigenvalue weighted by atomic mass is 19.4. The standard InChI is InChI=1S/C76H121F3N12O13/c1-14-26-54-65(94)81-63(48(4)15-2)72(101)89-40-24-32-56(89)69(98)85(9)55-31-20-17-23-39-90(71(55)100)59(42-49-27-18-16-19-28-49)68(97)83(7)46-61(92)80-53(36-34-50-33-35-52(76(77,78)79)60(43-50)104-13)66(95)91-45-47(3)41-58(91)70(99)88(12)75(37-25-38-75)74(103)87(11)64(51-29-21-22-30-51)73(102)86(10)57(67(96)82(5)6)44-62(93)84(54)8/h17,20,47-60,63-64H,14-16,18-19,21-46H2,1-13H3,(H,80,92)(H,81,94)/b20-17-/t47-,48-,50?,52?,53-,54-,55-,56-,57-,58-,59-,60?,63-,64-/m0/s1. The van der Waals surface area contributed by atoms with Gasteiger partial charge in [-0.2, -0.15) is 13.2 Å². The normalized spacial score (nSPS) is 31.9. The fraction of sp³-hybridized carbons (Fsp3) is 0.816. The number of hydrogen-bond acceptors (Lipinski definition) is 13. The molecule has 3 saturated heterocycles. The van der Waals surface area contributed by atoms with Gasteiger partial charge >= 0.3 is 6.18 Å². The highest BCUT2D eigenvalue weighted by Crippen LogP contribution is 2.45. The lowest BCUT2D eigenvalue weighted by Crippen LogP contribution is -2.68. The number of carbonyl (C=O) groups excluding carboxylic acids is 12. The summed E-state index contributed by atoms with van der Waals surface area (Å²) in [5, 5.41) is 5.90. The Kier molecular flexibility index (Phi) is 28.8.